The summed E-state index contributed by atoms with van der Waals surface area (Å²) in [6.07, 6.45) is 5.96. The Morgan fingerprint density at radius 2 is 1.83 bits per heavy atom. The minimum absolute atomic E-state index is 0.362. The van der Waals surface area contributed by atoms with Gasteiger partial charge in [0, 0.05) is 55.4 Å². The highest BCUT2D eigenvalue weighted by Crippen LogP contribution is 2.28. The molecule has 0 unspecified atom stereocenters. The number of pyridine rings is 1. The first-order chi connectivity index (χ1) is 14.6. The number of rotatable bonds is 4. The van der Waals surface area contributed by atoms with Crippen LogP contribution in [-0.2, 0) is 0 Å². The van der Waals surface area contributed by atoms with Gasteiger partial charge in [-0.2, -0.15) is 0 Å². The van der Waals surface area contributed by atoms with Crippen molar-refractivity contribution < 1.29 is 0 Å². The summed E-state index contributed by atoms with van der Waals surface area (Å²) in [6.45, 7) is 10.5. The predicted octanol–water partition coefficient (Wildman–Crippen LogP) is 4.02. The average molecular weight is 402 g/mol. The van der Waals surface area contributed by atoms with Crippen LogP contribution in [0.25, 0.3) is 21.8 Å². The molecule has 0 radical (unpaired) electrons. The fourth-order valence-electron chi connectivity index (χ4n) is 4.20. The number of nitrogens with zero attached hydrogens (tertiary/aromatic N) is 5. The van der Waals surface area contributed by atoms with E-state index in [0.717, 1.165) is 48.4 Å². The maximum absolute atomic E-state index is 4.85. The van der Waals surface area contributed by atoms with Gasteiger partial charge in [-0.25, -0.2) is 15.0 Å². The fraction of sp³-hybridized carbons (Fsp3) is 0.348. The molecular weight excluding hydrogens is 374 g/mol. The van der Waals surface area contributed by atoms with Gasteiger partial charge in [-0.05, 0) is 38.5 Å². The normalized spacial score (nSPS) is 14.7. The standard InChI is InChI=1S/C23H27N7/c1-15(2)30-9-6-17-4-5-18-13-26-23(28-21(18)22(17)30)27-20-12-16(3)19(14-25-20)29-10-7-24-8-11-29/h4-6,9,12-15,24H,7-8,10-11H2,1-3H3,(H,25,26,27,28). The molecule has 0 spiro atoms. The Balaban J connectivity index is 1.48. The summed E-state index contributed by atoms with van der Waals surface area (Å²) in [7, 11) is 0. The minimum atomic E-state index is 0.362. The van der Waals surface area contributed by atoms with Gasteiger partial charge in [0.2, 0.25) is 5.95 Å². The Kier molecular flexibility index (Phi) is 4.75. The number of fused-ring (bicyclic) bond motifs is 3. The number of piperazine rings is 1. The second-order valence-electron chi connectivity index (χ2n) is 8.17. The van der Waals surface area contributed by atoms with Crippen LogP contribution in [0.3, 0.4) is 0 Å². The molecule has 3 aromatic heterocycles. The number of aromatic nitrogens is 4. The van der Waals surface area contributed by atoms with Crippen LogP contribution in [0.1, 0.15) is 25.5 Å². The third-order valence-corrected chi connectivity index (χ3v) is 5.77. The first-order valence-electron chi connectivity index (χ1n) is 10.6. The fourth-order valence-corrected chi connectivity index (χ4v) is 4.20. The van der Waals surface area contributed by atoms with E-state index < -0.39 is 0 Å². The van der Waals surface area contributed by atoms with Crippen molar-refractivity contribution in [1.29, 1.82) is 0 Å². The molecule has 7 heteroatoms. The third kappa shape index (κ3) is 3.35. The van der Waals surface area contributed by atoms with E-state index in [1.54, 1.807) is 0 Å². The molecule has 1 saturated heterocycles. The van der Waals surface area contributed by atoms with Crippen LogP contribution in [0.2, 0.25) is 0 Å². The number of hydrogen-bond acceptors (Lipinski definition) is 6. The second-order valence-corrected chi connectivity index (χ2v) is 8.17. The van der Waals surface area contributed by atoms with E-state index in [2.05, 4.69) is 81.3 Å². The molecule has 4 heterocycles. The van der Waals surface area contributed by atoms with E-state index in [0.29, 0.717) is 12.0 Å². The van der Waals surface area contributed by atoms with Crippen molar-refractivity contribution in [1.82, 2.24) is 24.8 Å². The summed E-state index contributed by atoms with van der Waals surface area (Å²) < 4.78 is 2.26. The van der Waals surface area contributed by atoms with Gasteiger partial charge in [-0.1, -0.05) is 12.1 Å². The van der Waals surface area contributed by atoms with Crippen molar-refractivity contribution in [2.45, 2.75) is 26.8 Å². The number of benzene rings is 1. The lowest BCUT2D eigenvalue weighted by Gasteiger charge is -2.30. The van der Waals surface area contributed by atoms with Gasteiger partial charge in [0.1, 0.15) is 11.3 Å². The topological polar surface area (TPSA) is 70.9 Å². The van der Waals surface area contributed by atoms with E-state index >= 15 is 0 Å². The highest BCUT2D eigenvalue weighted by molar-refractivity contribution is 6.03. The van der Waals surface area contributed by atoms with Gasteiger partial charge in [0.15, 0.2) is 0 Å². The lowest BCUT2D eigenvalue weighted by atomic mass is 10.2. The smallest absolute Gasteiger partial charge is 0.228 e. The van der Waals surface area contributed by atoms with Crippen molar-refractivity contribution in [3.05, 3.63) is 48.4 Å². The van der Waals surface area contributed by atoms with Gasteiger partial charge in [-0.3, -0.25) is 0 Å². The molecule has 0 aliphatic carbocycles. The highest BCUT2D eigenvalue weighted by atomic mass is 15.2. The van der Waals surface area contributed by atoms with Crippen LogP contribution in [0.15, 0.2) is 42.9 Å². The molecule has 7 nitrogen and oxygen atoms in total. The SMILES string of the molecule is Cc1cc(Nc2ncc3ccc4ccn(C(C)C)c4c3n2)ncc1N1CCNCC1. The number of aryl methyl sites for hydroxylation is 1. The third-order valence-electron chi connectivity index (χ3n) is 5.77. The number of nitrogens with one attached hydrogen (secondary N) is 2. The van der Waals surface area contributed by atoms with Crippen molar-refractivity contribution in [3.63, 3.8) is 0 Å². The summed E-state index contributed by atoms with van der Waals surface area (Å²) in [5, 5.41) is 8.91. The molecule has 0 amide bonds. The molecule has 30 heavy (non-hydrogen) atoms. The quantitative estimate of drug-likeness (QED) is 0.538. The zero-order valence-electron chi connectivity index (χ0n) is 17.7. The van der Waals surface area contributed by atoms with E-state index in [-0.39, 0.29) is 0 Å². The molecule has 4 aromatic rings. The lowest BCUT2D eigenvalue weighted by Crippen LogP contribution is -2.43. The zero-order valence-corrected chi connectivity index (χ0v) is 17.7. The number of anilines is 3. The number of hydrogen-bond donors (Lipinski definition) is 2. The summed E-state index contributed by atoms with van der Waals surface area (Å²) in [5.41, 5.74) is 4.49. The largest absolute Gasteiger partial charge is 0.368 e. The molecule has 1 fully saturated rings. The molecule has 1 aliphatic heterocycles. The first-order valence-corrected chi connectivity index (χ1v) is 10.6. The van der Waals surface area contributed by atoms with Crippen LogP contribution in [0.5, 0.6) is 0 Å². The van der Waals surface area contributed by atoms with Crippen LogP contribution in [-0.4, -0.2) is 45.7 Å². The van der Waals surface area contributed by atoms with E-state index in [9.17, 15) is 0 Å². The van der Waals surface area contributed by atoms with Crippen LogP contribution in [0.4, 0.5) is 17.5 Å². The Bertz CT molecular complexity index is 1210. The van der Waals surface area contributed by atoms with Gasteiger partial charge >= 0.3 is 0 Å². The van der Waals surface area contributed by atoms with Crippen molar-refractivity contribution in [2.75, 3.05) is 36.4 Å². The summed E-state index contributed by atoms with van der Waals surface area (Å²) in [4.78, 5) is 16.4. The average Bonchev–Trinajstić information content (AvgIpc) is 3.20. The van der Waals surface area contributed by atoms with Crippen LogP contribution < -0.4 is 15.5 Å². The predicted molar refractivity (Wildman–Crippen MR) is 123 cm³/mol. The Morgan fingerprint density at radius 3 is 2.60 bits per heavy atom. The molecule has 1 aliphatic rings. The first kappa shape index (κ1) is 18.8. The molecule has 0 saturated carbocycles. The molecule has 1 aromatic carbocycles. The maximum Gasteiger partial charge on any atom is 0.228 e. The van der Waals surface area contributed by atoms with E-state index in [1.807, 2.05) is 12.4 Å². The second kappa shape index (κ2) is 7.57. The summed E-state index contributed by atoms with van der Waals surface area (Å²) in [5.74, 6) is 1.32. The van der Waals surface area contributed by atoms with Gasteiger partial charge in [0.25, 0.3) is 0 Å². The summed E-state index contributed by atoms with van der Waals surface area (Å²) >= 11 is 0. The molecule has 0 bridgehead atoms. The van der Waals surface area contributed by atoms with Gasteiger partial charge in [-0.15, -0.1) is 0 Å². The Labute approximate surface area is 176 Å². The molecular formula is C23H27N7. The minimum Gasteiger partial charge on any atom is -0.368 e. The molecule has 2 N–H and O–H groups in total. The molecule has 0 atom stereocenters. The van der Waals surface area contributed by atoms with Crippen molar-refractivity contribution in [2.24, 2.45) is 0 Å². The van der Waals surface area contributed by atoms with Crippen LogP contribution in [0, 0.1) is 6.92 Å². The van der Waals surface area contributed by atoms with Gasteiger partial charge in [0.05, 0.1) is 17.4 Å². The van der Waals surface area contributed by atoms with Crippen molar-refractivity contribution in [3.8, 4) is 0 Å². The highest BCUT2D eigenvalue weighted by Gasteiger charge is 2.14. The molecule has 5 rings (SSSR count). The Morgan fingerprint density at radius 1 is 1.03 bits per heavy atom. The summed E-state index contributed by atoms with van der Waals surface area (Å²) in [6, 6.07) is 8.79. The van der Waals surface area contributed by atoms with Crippen LogP contribution >= 0.6 is 0 Å². The maximum atomic E-state index is 4.85. The zero-order chi connectivity index (χ0) is 20.7. The lowest BCUT2D eigenvalue weighted by molar-refractivity contribution is 0.588. The molecule has 154 valence electrons. The van der Waals surface area contributed by atoms with Gasteiger partial charge < -0.3 is 20.1 Å². The van der Waals surface area contributed by atoms with E-state index in [4.69, 9.17) is 4.98 Å². The van der Waals surface area contributed by atoms with E-state index in [1.165, 1.54) is 16.6 Å². The monoisotopic (exact) mass is 401 g/mol. The Hall–Kier alpha value is -3.19. The van der Waals surface area contributed by atoms with Crippen molar-refractivity contribution >= 4 is 39.3 Å².